The van der Waals surface area contributed by atoms with Gasteiger partial charge in [0, 0.05) is 60.9 Å². The molecule has 2 unspecified atom stereocenters. The molecule has 3 aliphatic heterocycles. The van der Waals surface area contributed by atoms with Crippen LogP contribution in [0.2, 0.25) is 0 Å². The number of nitrogens with one attached hydrogen (secondary N) is 2. The third kappa shape index (κ3) is 6.80. The highest BCUT2D eigenvalue weighted by molar-refractivity contribution is 6.05. The Morgan fingerprint density at radius 2 is 1.55 bits per heavy atom. The van der Waals surface area contributed by atoms with Gasteiger partial charge >= 0.3 is 11.8 Å². The van der Waals surface area contributed by atoms with Crippen LogP contribution in [0.5, 0.6) is 0 Å². The van der Waals surface area contributed by atoms with E-state index in [0.29, 0.717) is 72.3 Å². The number of nitrogens with zero attached hydrogens (tertiary/aromatic N) is 6. The summed E-state index contributed by atoms with van der Waals surface area (Å²) in [5.74, 6) is 1.93. The van der Waals surface area contributed by atoms with Crippen LogP contribution in [0.3, 0.4) is 0 Å². The average Bonchev–Trinajstić information content (AvgIpc) is 3.53. The lowest BCUT2D eigenvalue weighted by Crippen LogP contribution is -2.43. The highest BCUT2D eigenvalue weighted by atomic mass is 16.5. The Bertz CT molecular complexity index is 2520. The molecule has 2 saturated heterocycles. The number of carbonyl (C=O) groups excluding carboxylic acids is 2. The number of aromatic nitrogens is 5. The van der Waals surface area contributed by atoms with Gasteiger partial charge in [-0.05, 0) is 85.5 Å². The first kappa shape index (κ1) is 35.4. The van der Waals surface area contributed by atoms with E-state index < -0.39 is 5.76 Å². The molecule has 3 fully saturated rings. The van der Waals surface area contributed by atoms with Gasteiger partial charge in [-0.15, -0.1) is 0 Å². The van der Waals surface area contributed by atoms with Crippen LogP contribution in [-0.4, -0.2) is 74.4 Å². The van der Waals surface area contributed by atoms with Crippen LogP contribution in [0.1, 0.15) is 71.2 Å². The minimum atomic E-state index is -0.450. The van der Waals surface area contributed by atoms with Gasteiger partial charge in [-0.2, -0.15) is 0 Å². The number of aromatic amines is 2. The number of urea groups is 1. The molecular weight excluding hydrogens is 713 g/mol. The van der Waals surface area contributed by atoms with Crippen LogP contribution in [0, 0.1) is 5.92 Å². The summed E-state index contributed by atoms with van der Waals surface area (Å²) in [6, 6.07) is 26.8. The van der Waals surface area contributed by atoms with Gasteiger partial charge in [-0.1, -0.05) is 54.5 Å². The van der Waals surface area contributed by atoms with Crippen molar-refractivity contribution >= 4 is 34.5 Å². The fourth-order valence-electron chi connectivity index (χ4n) is 8.04. The summed E-state index contributed by atoms with van der Waals surface area (Å²) >= 11 is 0. The molecule has 6 heterocycles. The predicted octanol–water partition coefficient (Wildman–Crippen LogP) is 5.74. The maximum absolute atomic E-state index is 14.1. The average molecular weight is 755 g/mol. The van der Waals surface area contributed by atoms with Gasteiger partial charge < -0.3 is 14.6 Å². The van der Waals surface area contributed by atoms with E-state index in [2.05, 4.69) is 38.7 Å². The lowest BCUT2D eigenvalue weighted by atomic mass is 9.91. The Balaban J connectivity index is 0.000000355. The number of carbonyl (C=O) groups is 2. The van der Waals surface area contributed by atoms with Crippen molar-refractivity contribution in [2.45, 2.75) is 51.0 Å². The second-order valence-corrected chi connectivity index (χ2v) is 14.9. The number of rotatable bonds is 6. The normalized spacial score (nSPS) is 19.5. The summed E-state index contributed by atoms with van der Waals surface area (Å²) in [6.45, 7) is 5.09. The third-order valence-corrected chi connectivity index (χ3v) is 11.3. The third-order valence-electron chi connectivity index (χ3n) is 11.3. The number of fused-ring (bicyclic) bond motifs is 2. The van der Waals surface area contributed by atoms with E-state index in [9.17, 15) is 19.2 Å². The van der Waals surface area contributed by atoms with Crippen molar-refractivity contribution in [3.05, 3.63) is 134 Å². The number of hydrogen-bond donors (Lipinski definition) is 2. The van der Waals surface area contributed by atoms with E-state index in [1.807, 2.05) is 72.8 Å². The summed E-state index contributed by atoms with van der Waals surface area (Å²) in [6.07, 6.45) is 3.49. The Kier molecular flexibility index (Phi) is 9.33. The highest BCUT2D eigenvalue weighted by Crippen LogP contribution is 2.44. The van der Waals surface area contributed by atoms with Crippen molar-refractivity contribution in [2.24, 2.45) is 5.92 Å². The van der Waals surface area contributed by atoms with Crippen molar-refractivity contribution in [3.8, 4) is 5.69 Å². The van der Waals surface area contributed by atoms with Crippen molar-refractivity contribution in [1.29, 1.82) is 0 Å². The van der Waals surface area contributed by atoms with E-state index in [4.69, 9.17) is 9.72 Å². The summed E-state index contributed by atoms with van der Waals surface area (Å²) in [7, 11) is 0. The van der Waals surface area contributed by atoms with Crippen LogP contribution in [-0.2, 0) is 17.7 Å². The zero-order valence-corrected chi connectivity index (χ0v) is 31.0. The van der Waals surface area contributed by atoms with E-state index >= 15 is 0 Å². The van der Waals surface area contributed by atoms with E-state index in [1.165, 1.54) is 10.1 Å². The first-order valence-electron chi connectivity index (χ1n) is 19.2. The zero-order valence-electron chi connectivity index (χ0n) is 31.0. The van der Waals surface area contributed by atoms with E-state index in [1.54, 1.807) is 14.7 Å². The molecule has 14 nitrogen and oxygen atoms in total. The number of benzene rings is 3. The molecule has 4 aliphatic rings. The largest absolute Gasteiger partial charge is 0.438 e. The fourth-order valence-corrected chi connectivity index (χ4v) is 8.04. The summed E-state index contributed by atoms with van der Waals surface area (Å²) < 4.78 is 11.4. The molecule has 2 atom stereocenters. The van der Waals surface area contributed by atoms with Gasteiger partial charge in [-0.25, -0.2) is 19.1 Å². The minimum Gasteiger partial charge on any atom is -0.381 e. The molecule has 1 aliphatic carbocycles. The quantitative estimate of drug-likeness (QED) is 0.218. The fraction of sp³-hybridized carbons (Fsp3) is 0.333. The minimum absolute atomic E-state index is 0.141. The van der Waals surface area contributed by atoms with Gasteiger partial charge in [0.1, 0.15) is 5.69 Å². The number of para-hydroxylation sites is 2. The number of amides is 3. The van der Waals surface area contributed by atoms with E-state index in [0.717, 1.165) is 49.1 Å². The van der Waals surface area contributed by atoms with Gasteiger partial charge in [-0.3, -0.25) is 28.9 Å². The monoisotopic (exact) mass is 754 g/mol. The number of anilines is 2. The molecule has 14 heteroatoms. The first-order valence-corrected chi connectivity index (χ1v) is 19.2. The maximum atomic E-state index is 14.1. The topological polar surface area (TPSA) is 163 Å². The Labute approximate surface area is 321 Å². The Morgan fingerprint density at radius 3 is 2.25 bits per heavy atom. The van der Waals surface area contributed by atoms with Crippen molar-refractivity contribution < 1.29 is 18.8 Å². The predicted molar refractivity (Wildman–Crippen MR) is 210 cm³/mol. The molecule has 56 heavy (non-hydrogen) atoms. The van der Waals surface area contributed by atoms with Crippen LogP contribution in [0.4, 0.5) is 16.4 Å². The molecule has 3 aromatic heterocycles. The Hall–Kier alpha value is -6.28. The van der Waals surface area contributed by atoms with Crippen molar-refractivity contribution in [1.82, 2.24) is 29.6 Å². The van der Waals surface area contributed by atoms with Gasteiger partial charge in [0.25, 0.3) is 11.5 Å². The van der Waals surface area contributed by atoms with Crippen molar-refractivity contribution in [2.75, 3.05) is 42.6 Å². The van der Waals surface area contributed by atoms with Crippen molar-refractivity contribution in [3.63, 3.8) is 0 Å². The summed E-state index contributed by atoms with van der Waals surface area (Å²) in [5, 5.41) is 4.59. The van der Waals surface area contributed by atoms with Crippen LogP contribution < -0.4 is 21.1 Å². The highest BCUT2D eigenvalue weighted by Gasteiger charge is 2.38. The molecule has 6 aromatic rings. The van der Waals surface area contributed by atoms with Gasteiger partial charge in [0.05, 0.1) is 17.9 Å². The Morgan fingerprint density at radius 1 is 0.839 bits per heavy atom. The second-order valence-electron chi connectivity index (χ2n) is 14.9. The number of hydrogen-bond acceptors (Lipinski definition) is 8. The molecule has 3 amide bonds. The SMILES string of the molecule is CC1CC1c1noc(=O)[nH]1.O=C(c1cc2cc(C3CCOCC3)ccc2[nH]1)N1CCc2c(nc(N3CCN(c4ccccc4)C3=O)n(-c3ccccc3)c2=O)C1. The summed E-state index contributed by atoms with van der Waals surface area (Å²) in [5.41, 5.74) is 5.01. The molecule has 10 rings (SSSR count). The number of H-pyrrole nitrogens is 2. The molecule has 0 radical (unpaired) electrons. The standard InChI is InChI=1S/C36H34N6O4.C6H8N2O2/c43-33-29-13-16-39(34(44)31-22-26-21-25(11-12-30(26)37-31)24-14-19-46-20-15-24)23-32(29)38-35(42(33)28-9-5-2-6-10-28)41-18-17-40(36(41)45)27-7-3-1-4-8-27;1-3-2-4(3)5-7-6(9)10-8-5/h1-12,21-22,24,37H,13-20,23H2;3-4H,2H2,1H3,(H,7,8,9). The smallest absolute Gasteiger partial charge is 0.381 e. The van der Waals surface area contributed by atoms with E-state index in [-0.39, 0.29) is 30.0 Å². The molecule has 0 bridgehead atoms. The molecule has 3 aromatic carbocycles. The molecular formula is C42H42N8O6. The van der Waals surface area contributed by atoms with Crippen LogP contribution in [0.15, 0.2) is 99.0 Å². The van der Waals surface area contributed by atoms with Crippen LogP contribution >= 0.6 is 0 Å². The van der Waals surface area contributed by atoms with Gasteiger partial charge in [0.15, 0.2) is 5.82 Å². The second kappa shape index (κ2) is 14.8. The lowest BCUT2D eigenvalue weighted by molar-refractivity contribution is 0.0726. The first-order chi connectivity index (χ1) is 27.3. The molecule has 286 valence electrons. The molecule has 0 spiro atoms. The molecule has 2 N–H and O–H groups in total. The van der Waals surface area contributed by atoms with Crippen LogP contribution in [0.25, 0.3) is 16.6 Å². The zero-order chi connectivity index (χ0) is 38.3. The van der Waals surface area contributed by atoms with Gasteiger partial charge in [0.2, 0.25) is 5.95 Å². The maximum Gasteiger partial charge on any atom is 0.438 e. The summed E-state index contributed by atoms with van der Waals surface area (Å²) in [4.78, 5) is 68.0. The molecule has 1 saturated carbocycles. The number of ether oxygens (including phenoxy) is 1. The lowest BCUT2D eigenvalue weighted by Gasteiger charge is -2.30.